The number of benzene rings is 4. The minimum absolute atomic E-state index is 0. The number of nitrogens with zero attached hydrogens (tertiary/aromatic N) is 2. The van der Waals surface area contributed by atoms with Gasteiger partial charge in [-0.05, 0) is 59.7 Å². The fourth-order valence-electron chi connectivity index (χ4n) is 10.1. The first kappa shape index (κ1) is 40.9. The molecule has 4 aromatic carbocycles. The molecule has 4 bridgehead atoms. The Hall–Kier alpha value is -2.72. The van der Waals surface area contributed by atoms with E-state index in [9.17, 15) is 9.59 Å². The lowest BCUT2D eigenvalue weighted by atomic mass is 9.94. The number of carbonyl (C=O) groups is 2. The normalized spacial score (nSPS) is 29.4. The molecule has 0 amide bonds. The van der Waals surface area contributed by atoms with Crippen molar-refractivity contribution in [1.82, 2.24) is 0 Å². The summed E-state index contributed by atoms with van der Waals surface area (Å²) in [6.07, 6.45) is 8.29. The Morgan fingerprint density at radius 3 is 1.11 bits per heavy atom. The van der Waals surface area contributed by atoms with Gasteiger partial charge in [-0.15, -0.1) is 0 Å². The fraction of sp³-hybridized carbons (Fsp3) is 0.409. The van der Waals surface area contributed by atoms with E-state index in [4.69, 9.17) is 32.7 Å². The van der Waals surface area contributed by atoms with Gasteiger partial charge < -0.3 is 52.4 Å². The third-order valence-electron chi connectivity index (χ3n) is 13.1. The van der Waals surface area contributed by atoms with Gasteiger partial charge in [-0.3, -0.25) is 0 Å². The number of esters is 2. The number of carbonyl (C=O) groups excluding carboxylic acids is 2. The molecule has 4 saturated heterocycles. The highest BCUT2D eigenvalue weighted by Crippen LogP contribution is 2.45. The fourth-order valence-corrected chi connectivity index (χ4v) is 10.4. The second kappa shape index (κ2) is 16.8. The van der Waals surface area contributed by atoms with Crippen LogP contribution in [0.1, 0.15) is 83.2 Å². The van der Waals surface area contributed by atoms with Crippen LogP contribution in [-0.4, -0.2) is 71.4 Å². The zero-order chi connectivity index (χ0) is 36.0. The van der Waals surface area contributed by atoms with Crippen molar-refractivity contribution in [2.45, 2.75) is 101 Å². The summed E-state index contributed by atoms with van der Waals surface area (Å²) in [5.41, 5.74) is 6.29. The molecule has 6 nitrogen and oxygen atoms in total. The molecule has 0 spiro atoms. The number of rotatable bonds is 9. The van der Waals surface area contributed by atoms with Crippen LogP contribution in [0.15, 0.2) is 97.1 Å². The summed E-state index contributed by atoms with van der Waals surface area (Å²) >= 11 is 12.0. The van der Waals surface area contributed by atoms with Crippen LogP contribution in [0.3, 0.4) is 0 Å². The second-order valence-electron chi connectivity index (χ2n) is 16.2. The smallest absolute Gasteiger partial charge is 0.338 e. The van der Waals surface area contributed by atoms with E-state index in [1.54, 1.807) is 48.5 Å². The summed E-state index contributed by atoms with van der Waals surface area (Å²) in [6.45, 7) is 1.98. The van der Waals surface area contributed by atoms with Crippen molar-refractivity contribution in [3.63, 3.8) is 0 Å². The van der Waals surface area contributed by atoms with E-state index in [0.717, 1.165) is 47.7 Å². The van der Waals surface area contributed by atoms with Gasteiger partial charge in [0.15, 0.2) is 0 Å². The number of hydrogen-bond acceptors (Lipinski definition) is 4. The van der Waals surface area contributed by atoms with Gasteiger partial charge >= 0.3 is 11.9 Å². The van der Waals surface area contributed by atoms with Crippen LogP contribution in [0.2, 0.25) is 10.0 Å². The first-order valence-electron chi connectivity index (χ1n) is 18.9. The van der Waals surface area contributed by atoms with E-state index in [0.29, 0.717) is 45.3 Å². The van der Waals surface area contributed by atoms with E-state index < -0.39 is 0 Å². The second-order valence-corrected chi connectivity index (χ2v) is 17.1. The zero-order valence-corrected chi connectivity index (χ0v) is 35.5. The monoisotopic (exact) mass is 896 g/mol. The average molecular weight is 900 g/mol. The quantitative estimate of drug-likeness (QED) is 0.191. The molecule has 4 atom stereocenters. The molecular formula is C44H48Br2Cl2N2O4. The highest BCUT2D eigenvalue weighted by atomic mass is 79.9. The van der Waals surface area contributed by atoms with Crippen molar-refractivity contribution in [3.05, 3.63) is 129 Å². The van der Waals surface area contributed by atoms with E-state index >= 15 is 0 Å². The van der Waals surface area contributed by atoms with E-state index in [-0.39, 0.29) is 58.1 Å². The molecule has 8 rings (SSSR count). The van der Waals surface area contributed by atoms with Crippen molar-refractivity contribution in [3.8, 4) is 11.1 Å². The van der Waals surface area contributed by atoms with Crippen molar-refractivity contribution in [1.29, 1.82) is 0 Å². The van der Waals surface area contributed by atoms with Crippen LogP contribution < -0.4 is 34.0 Å². The van der Waals surface area contributed by atoms with Crippen molar-refractivity contribution in [2.24, 2.45) is 0 Å². The summed E-state index contributed by atoms with van der Waals surface area (Å²) in [7, 11) is 4.80. The number of fused-ring (bicyclic) bond motifs is 4. The lowest BCUT2D eigenvalue weighted by Gasteiger charge is -2.47. The molecule has 0 N–H and O–H groups in total. The van der Waals surface area contributed by atoms with Crippen LogP contribution in [0.4, 0.5) is 0 Å². The van der Waals surface area contributed by atoms with Gasteiger partial charge in [0, 0.05) is 72.5 Å². The summed E-state index contributed by atoms with van der Waals surface area (Å²) in [4.78, 5) is 25.6. The molecule has 4 aliphatic rings. The topological polar surface area (TPSA) is 52.6 Å². The highest BCUT2D eigenvalue weighted by Gasteiger charge is 2.53. The summed E-state index contributed by atoms with van der Waals surface area (Å²) in [5.74, 6) is -0.501. The molecule has 54 heavy (non-hydrogen) atoms. The van der Waals surface area contributed by atoms with Gasteiger partial charge in [-0.1, -0.05) is 71.7 Å². The Balaban J connectivity index is 0.00000249. The number of quaternary nitrogens is 2. The van der Waals surface area contributed by atoms with Crippen LogP contribution in [-0.2, 0) is 22.6 Å². The summed E-state index contributed by atoms with van der Waals surface area (Å²) in [5, 5.41) is 1.23. The summed E-state index contributed by atoms with van der Waals surface area (Å²) < 4.78 is 14.0. The lowest BCUT2D eigenvalue weighted by molar-refractivity contribution is -0.961. The van der Waals surface area contributed by atoms with Gasteiger partial charge in [0.05, 0.1) is 49.4 Å². The maximum atomic E-state index is 12.8. The van der Waals surface area contributed by atoms with Crippen LogP contribution >= 0.6 is 23.2 Å². The minimum Gasteiger partial charge on any atom is -1.00 e. The van der Waals surface area contributed by atoms with Crippen LogP contribution in [0, 0.1) is 0 Å². The Morgan fingerprint density at radius 2 is 0.815 bits per heavy atom. The van der Waals surface area contributed by atoms with E-state index in [1.165, 1.54) is 47.9 Å². The van der Waals surface area contributed by atoms with Crippen molar-refractivity contribution >= 4 is 35.1 Å². The first-order valence-corrected chi connectivity index (χ1v) is 19.6. The Labute approximate surface area is 350 Å². The number of piperidine rings is 2. The van der Waals surface area contributed by atoms with Gasteiger partial charge in [0.2, 0.25) is 0 Å². The summed E-state index contributed by atoms with van der Waals surface area (Å²) in [6, 6.07) is 34.1. The van der Waals surface area contributed by atoms with Crippen molar-refractivity contribution < 1.29 is 62.0 Å². The zero-order valence-electron chi connectivity index (χ0n) is 30.8. The van der Waals surface area contributed by atoms with Gasteiger partial charge in [-0.2, -0.15) is 0 Å². The van der Waals surface area contributed by atoms with Gasteiger partial charge in [0.25, 0.3) is 0 Å². The maximum absolute atomic E-state index is 12.8. The number of ether oxygens (including phenoxy) is 2. The maximum Gasteiger partial charge on any atom is 0.338 e. The molecule has 4 unspecified atom stereocenters. The lowest BCUT2D eigenvalue weighted by Crippen LogP contribution is -3.00. The van der Waals surface area contributed by atoms with Crippen LogP contribution in [0.25, 0.3) is 11.1 Å². The Morgan fingerprint density at radius 1 is 0.519 bits per heavy atom. The van der Waals surface area contributed by atoms with E-state index in [1.807, 2.05) is 0 Å². The molecule has 4 fully saturated rings. The number of hydrogen-bond donors (Lipinski definition) is 0. The minimum atomic E-state index is -0.251. The Bertz CT molecular complexity index is 1760. The Kier molecular flexibility index (Phi) is 12.7. The number of halogens is 4. The molecule has 4 aliphatic heterocycles. The van der Waals surface area contributed by atoms with Gasteiger partial charge in [-0.25, -0.2) is 9.59 Å². The molecule has 10 heteroatoms. The molecular weight excluding hydrogens is 851 g/mol. The van der Waals surface area contributed by atoms with Crippen molar-refractivity contribution in [2.75, 3.05) is 14.1 Å². The molecule has 4 aromatic rings. The standard InChI is InChI=1S/C44H48Cl2N2O4.2BrH/c1-47(37-19-20-38(47)24-41(23-37)51-43(49)33-11-15-35(45)16-12-33)27-29-3-7-31(8-4-29)32-9-5-30(6-10-32)28-48(2)39-21-22-40(48)26-42(25-39)52-44(50)34-13-17-36(46)18-14-34;;/h3-18,37-42H,19-28H2,1-2H3;2*1H/q+2;;/p-2. The largest absolute Gasteiger partial charge is 1.00 e. The molecule has 0 saturated carbocycles. The van der Waals surface area contributed by atoms with E-state index in [2.05, 4.69) is 62.6 Å². The third kappa shape index (κ3) is 8.35. The molecule has 0 radical (unpaired) electrons. The van der Waals surface area contributed by atoms with Gasteiger partial charge in [0.1, 0.15) is 25.3 Å². The SMILES string of the molecule is C[N+]1(Cc2ccc(-c3ccc(C[N+]4(C)C5CCC4CC(OC(=O)c4ccc(Cl)cc4)C5)cc3)cc2)C2CCC1CC(OC(=O)c1ccc(Cl)cc1)C2.[Br-].[Br-]. The predicted octanol–water partition coefficient (Wildman–Crippen LogP) is 3.66. The molecule has 286 valence electrons. The predicted molar refractivity (Wildman–Crippen MR) is 205 cm³/mol. The highest BCUT2D eigenvalue weighted by molar-refractivity contribution is 6.31. The molecule has 4 heterocycles. The van der Waals surface area contributed by atoms with Crippen LogP contribution in [0.5, 0.6) is 0 Å². The molecule has 0 aliphatic carbocycles. The third-order valence-corrected chi connectivity index (χ3v) is 13.6. The average Bonchev–Trinajstić information content (AvgIpc) is 3.37. The first-order chi connectivity index (χ1) is 25.1. The molecule has 0 aromatic heterocycles.